The molecule has 0 aromatic rings. The number of rotatable bonds is 7. The van der Waals surface area contributed by atoms with Crippen LogP contribution >= 0.6 is 0 Å². The van der Waals surface area contributed by atoms with Crippen molar-refractivity contribution < 1.29 is 14.7 Å². The maximum absolute atomic E-state index is 12.7. The van der Waals surface area contributed by atoms with E-state index < -0.39 is 0 Å². The van der Waals surface area contributed by atoms with Gasteiger partial charge in [-0.15, -0.1) is 0 Å². The largest absolute Gasteiger partial charge is 0.505 e. The van der Waals surface area contributed by atoms with Crippen molar-refractivity contribution in [3.05, 3.63) is 71.3 Å². The Labute approximate surface area is 148 Å². The molecule has 0 atom stereocenters. The lowest BCUT2D eigenvalue weighted by Gasteiger charge is -2.25. The number of aliphatic hydroxyl groups is 1. The van der Waals surface area contributed by atoms with Crippen molar-refractivity contribution in [3.63, 3.8) is 0 Å². The molecular formula is C20H24N2O3. The molecule has 2 aliphatic rings. The fourth-order valence-corrected chi connectivity index (χ4v) is 2.69. The minimum absolute atomic E-state index is 0.0639. The van der Waals surface area contributed by atoms with Crippen molar-refractivity contribution in [2.24, 2.45) is 0 Å². The van der Waals surface area contributed by atoms with Gasteiger partial charge in [-0.05, 0) is 31.8 Å². The van der Waals surface area contributed by atoms with Crippen LogP contribution in [0.25, 0.3) is 0 Å². The number of aldehydes is 1. The molecule has 5 nitrogen and oxygen atoms in total. The molecule has 0 bridgehead atoms. The van der Waals surface area contributed by atoms with Gasteiger partial charge in [0, 0.05) is 30.4 Å². The number of dihydropyridines is 1. The van der Waals surface area contributed by atoms with E-state index in [-0.39, 0.29) is 28.5 Å². The zero-order valence-electron chi connectivity index (χ0n) is 14.5. The highest BCUT2D eigenvalue weighted by molar-refractivity contribution is 5.96. The van der Waals surface area contributed by atoms with Gasteiger partial charge in [-0.2, -0.15) is 0 Å². The molecule has 0 saturated carbocycles. The average Bonchev–Trinajstić information content (AvgIpc) is 2.89. The predicted octanol–water partition coefficient (Wildman–Crippen LogP) is 3.07. The second-order valence-corrected chi connectivity index (χ2v) is 5.86. The summed E-state index contributed by atoms with van der Waals surface area (Å²) in [5.41, 5.74) is 1.70. The lowest BCUT2D eigenvalue weighted by Crippen LogP contribution is -2.38. The second kappa shape index (κ2) is 8.87. The van der Waals surface area contributed by atoms with E-state index >= 15 is 0 Å². The van der Waals surface area contributed by atoms with Crippen molar-refractivity contribution in [2.45, 2.75) is 26.2 Å². The summed E-state index contributed by atoms with van der Waals surface area (Å²) in [6.45, 7) is 6.67. The SMILES string of the molecule is C=C1C(C=O)=CNC(C(=O)N(CC)CCCC2=CC=CCC=C2)=C1O. The van der Waals surface area contributed by atoms with Gasteiger partial charge in [0.15, 0.2) is 12.0 Å². The molecule has 1 amide bonds. The smallest absolute Gasteiger partial charge is 0.274 e. The summed E-state index contributed by atoms with van der Waals surface area (Å²) in [5, 5.41) is 12.9. The van der Waals surface area contributed by atoms with Crippen LogP contribution in [0.1, 0.15) is 26.2 Å². The first-order chi connectivity index (χ1) is 12.1. The van der Waals surface area contributed by atoms with Crippen LogP contribution in [0.15, 0.2) is 71.3 Å². The van der Waals surface area contributed by atoms with Crippen LogP contribution in [-0.4, -0.2) is 35.3 Å². The summed E-state index contributed by atoms with van der Waals surface area (Å²) in [7, 11) is 0. The van der Waals surface area contributed by atoms with E-state index in [0.29, 0.717) is 19.4 Å². The van der Waals surface area contributed by atoms with E-state index in [1.807, 2.05) is 6.92 Å². The van der Waals surface area contributed by atoms with Crippen LogP contribution in [0.5, 0.6) is 0 Å². The van der Waals surface area contributed by atoms with Gasteiger partial charge in [0.2, 0.25) is 0 Å². The fraction of sp³-hybridized carbons (Fsp3) is 0.300. The van der Waals surface area contributed by atoms with E-state index in [9.17, 15) is 14.7 Å². The first-order valence-electron chi connectivity index (χ1n) is 8.44. The van der Waals surface area contributed by atoms with Gasteiger partial charge in [0.25, 0.3) is 5.91 Å². The third-order valence-corrected chi connectivity index (χ3v) is 4.20. The Morgan fingerprint density at radius 1 is 1.44 bits per heavy atom. The third kappa shape index (κ3) is 4.59. The van der Waals surface area contributed by atoms with E-state index in [4.69, 9.17) is 0 Å². The normalized spacial score (nSPS) is 16.8. The van der Waals surface area contributed by atoms with Crippen molar-refractivity contribution in [1.82, 2.24) is 10.2 Å². The quantitative estimate of drug-likeness (QED) is 0.699. The highest BCUT2D eigenvalue weighted by Crippen LogP contribution is 2.22. The number of allylic oxidation sites excluding steroid dienone is 7. The number of hydrogen-bond acceptors (Lipinski definition) is 4. The Balaban J connectivity index is 1.98. The molecule has 25 heavy (non-hydrogen) atoms. The van der Waals surface area contributed by atoms with Crippen LogP contribution in [0.3, 0.4) is 0 Å². The third-order valence-electron chi connectivity index (χ3n) is 4.20. The molecule has 0 aromatic carbocycles. The first kappa shape index (κ1) is 18.5. The summed E-state index contributed by atoms with van der Waals surface area (Å²) >= 11 is 0. The molecule has 0 spiro atoms. The fourth-order valence-electron chi connectivity index (χ4n) is 2.69. The molecule has 132 valence electrons. The molecule has 2 rings (SSSR count). The first-order valence-corrected chi connectivity index (χ1v) is 8.44. The maximum atomic E-state index is 12.7. The molecular weight excluding hydrogens is 316 g/mol. The standard InChI is InChI=1S/C20H24N2O3/c1-3-22(12-8-11-16-9-6-4-5-7-10-16)20(25)18-19(24)15(2)17(14-23)13-21-18/h4,6-7,9-10,13-14,21,24H,2-3,5,8,11-12H2,1H3. The summed E-state index contributed by atoms with van der Waals surface area (Å²) in [6.07, 6.45) is 15.1. The van der Waals surface area contributed by atoms with Crippen molar-refractivity contribution in [1.29, 1.82) is 0 Å². The number of aliphatic hydroxyl groups excluding tert-OH is 1. The molecule has 0 saturated heterocycles. The number of nitrogens with zero attached hydrogens (tertiary/aromatic N) is 1. The van der Waals surface area contributed by atoms with Gasteiger partial charge in [0.1, 0.15) is 5.70 Å². The van der Waals surface area contributed by atoms with Crippen molar-refractivity contribution in [2.75, 3.05) is 13.1 Å². The maximum Gasteiger partial charge on any atom is 0.274 e. The highest BCUT2D eigenvalue weighted by Gasteiger charge is 2.25. The molecule has 0 fully saturated rings. The number of hydrogen-bond donors (Lipinski definition) is 2. The number of carbonyl (C=O) groups is 2. The average molecular weight is 340 g/mol. The molecule has 0 aromatic heterocycles. The molecule has 5 heteroatoms. The Morgan fingerprint density at radius 3 is 2.96 bits per heavy atom. The van der Waals surface area contributed by atoms with Crippen LogP contribution in [0, 0.1) is 0 Å². The number of carbonyl (C=O) groups excluding carboxylic acids is 2. The summed E-state index contributed by atoms with van der Waals surface area (Å²) < 4.78 is 0. The van der Waals surface area contributed by atoms with E-state index in [1.165, 1.54) is 11.8 Å². The van der Waals surface area contributed by atoms with Crippen LogP contribution in [-0.2, 0) is 9.59 Å². The van der Waals surface area contributed by atoms with Gasteiger partial charge in [-0.3, -0.25) is 9.59 Å². The van der Waals surface area contributed by atoms with Gasteiger partial charge in [0.05, 0.1) is 0 Å². The molecule has 2 N–H and O–H groups in total. The van der Waals surface area contributed by atoms with E-state index in [2.05, 4.69) is 42.3 Å². The van der Waals surface area contributed by atoms with Crippen molar-refractivity contribution >= 4 is 12.2 Å². The molecule has 1 aliphatic carbocycles. The van der Waals surface area contributed by atoms with Gasteiger partial charge >= 0.3 is 0 Å². The van der Waals surface area contributed by atoms with Crippen LogP contribution in [0.2, 0.25) is 0 Å². The Hall–Kier alpha value is -2.82. The Morgan fingerprint density at radius 2 is 2.24 bits per heavy atom. The molecule has 0 unspecified atom stereocenters. The minimum atomic E-state index is -0.298. The molecule has 1 heterocycles. The summed E-state index contributed by atoms with van der Waals surface area (Å²) in [4.78, 5) is 25.2. The van der Waals surface area contributed by atoms with Gasteiger partial charge in [-0.25, -0.2) is 0 Å². The summed E-state index contributed by atoms with van der Waals surface area (Å²) in [5.74, 6) is -0.569. The van der Waals surface area contributed by atoms with Crippen molar-refractivity contribution in [3.8, 4) is 0 Å². The monoisotopic (exact) mass is 340 g/mol. The molecule has 1 aliphatic heterocycles. The minimum Gasteiger partial charge on any atom is -0.505 e. The number of nitrogens with one attached hydrogen (secondary N) is 1. The summed E-state index contributed by atoms with van der Waals surface area (Å²) in [6, 6.07) is 0. The Bertz CT molecular complexity index is 708. The van der Waals surface area contributed by atoms with Gasteiger partial charge < -0.3 is 15.3 Å². The number of amides is 1. The van der Waals surface area contributed by atoms with E-state index in [1.54, 1.807) is 4.90 Å². The van der Waals surface area contributed by atoms with Crippen LogP contribution in [0.4, 0.5) is 0 Å². The number of likely N-dealkylation sites (N-methyl/N-ethyl adjacent to an activating group) is 1. The lowest BCUT2D eigenvalue weighted by atomic mass is 10.0. The predicted molar refractivity (Wildman–Crippen MR) is 98.5 cm³/mol. The Kier molecular flexibility index (Phi) is 6.57. The lowest BCUT2D eigenvalue weighted by molar-refractivity contribution is -0.127. The zero-order valence-corrected chi connectivity index (χ0v) is 14.5. The van der Waals surface area contributed by atoms with Crippen LogP contribution < -0.4 is 5.32 Å². The highest BCUT2D eigenvalue weighted by atomic mass is 16.3. The zero-order chi connectivity index (χ0) is 18.2. The van der Waals surface area contributed by atoms with Gasteiger partial charge in [-0.1, -0.05) is 37.0 Å². The molecule has 0 radical (unpaired) electrons. The second-order valence-electron chi connectivity index (χ2n) is 5.86. The topological polar surface area (TPSA) is 69.6 Å². The van der Waals surface area contributed by atoms with E-state index in [0.717, 1.165) is 19.3 Å².